The molecule has 0 fully saturated rings. The van der Waals surface area contributed by atoms with Crippen molar-refractivity contribution in [2.75, 3.05) is 6.61 Å². The first-order valence-corrected chi connectivity index (χ1v) is 3.26. The van der Waals surface area contributed by atoms with Crippen molar-refractivity contribution in [3.8, 4) is 0 Å². The van der Waals surface area contributed by atoms with E-state index in [4.69, 9.17) is 4.42 Å². The Hall–Kier alpha value is -0.900. The van der Waals surface area contributed by atoms with Gasteiger partial charge in [0.2, 0.25) is 12.3 Å². The average Bonchev–Trinajstić information content (AvgIpc) is 2.41. The molecule has 4 nitrogen and oxygen atoms in total. The predicted molar refractivity (Wildman–Crippen MR) is 32.8 cm³/mol. The number of nitrogens with zero attached hydrogens (tertiary/aromatic N) is 2. The molecule has 1 heterocycles. The molecule has 0 bridgehead atoms. The van der Waals surface area contributed by atoms with E-state index in [0.717, 1.165) is 12.8 Å². The van der Waals surface area contributed by atoms with Crippen molar-refractivity contribution >= 4 is 0 Å². The summed E-state index contributed by atoms with van der Waals surface area (Å²) in [6, 6.07) is 0. The fourth-order valence-electron chi connectivity index (χ4n) is 0.683. The molecule has 55 valence electrons. The highest BCUT2D eigenvalue weighted by Crippen LogP contribution is 1.98. The van der Waals surface area contributed by atoms with Gasteiger partial charge in [0.05, 0.1) is 6.61 Å². The fraction of sp³-hybridized carbons (Fsp3) is 0.667. The first-order valence-electron chi connectivity index (χ1n) is 3.26. The van der Waals surface area contributed by atoms with Gasteiger partial charge in [-0.05, 0) is 12.8 Å². The summed E-state index contributed by atoms with van der Waals surface area (Å²) < 4.78 is 4.86. The minimum absolute atomic E-state index is 0.0197. The lowest BCUT2D eigenvalue weighted by atomic mass is 10.2. The van der Waals surface area contributed by atoms with E-state index in [0.29, 0.717) is 12.3 Å². The normalized spacial score (nSPS) is 10.1. The molecule has 1 aromatic heterocycles. The molecule has 0 aromatic carbocycles. The summed E-state index contributed by atoms with van der Waals surface area (Å²) in [4.78, 5) is 0. The van der Waals surface area contributed by atoms with Crippen molar-refractivity contribution in [2.24, 2.45) is 0 Å². The van der Waals surface area contributed by atoms with Crippen LogP contribution in [0.15, 0.2) is 10.8 Å². The van der Waals surface area contributed by atoms with Crippen LogP contribution >= 0.6 is 0 Å². The van der Waals surface area contributed by atoms with Crippen LogP contribution < -0.4 is 0 Å². The molecular formula is C6H9N2O2. The summed E-state index contributed by atoms with van der Waals surface area (Å²) in [5.41, 5.74) is 0. The third-order valence-corrected chi connectivity index (χ3v) is 1.19. The molecule has 0 saturated heterocycles. The molecule has 0 saturated carbocycles. The quantitative estimate of drug-likeness (QED) is 0.583. The molecule has 1 rings (SSSR count). The molecule has 0 N–H and O–H groups in total. The molecule has 0 aliphatic heterocycles. The number of rotatable bonds is 4. The van der Waals surface area contributed by atoms with Crippen LogP contribution in [0, 0.1) is 0 Å². The van der Waals surface area contributed by atoms with E-state index in [1.165, 1.54) is 6.39 Å². The lowest BCUT2D eigenvalue weighted by Gasteiger charge is -1.89. The minimum Gasteiger partial charge on any atom is -0.428 e. The Bertz CT molecular complexity index is 162. The average molecular weight is 141 g/mol. The van der Waals surface area contributed by atoms with Crippen molar-refractivity contribution in [1.82, 2.24) is 10.2 Å². The third kappa shape index (κ3) is 2.14. The Morgan fingerprint density at radius 2 is 2.40 bits per heavy atom. The van der Waals surface area contributed by atoms with Crippen molar-refractivity contribution in [3.63, 3.8) is 0 Å². The molecule has 0 aliphatic carbocycles. The molecule has 10 heavy (non-hydrogen) atoms. The smallest absolute Gasteiger partial charge is 0.216 e. The SMILES string of the molecule is [O]CCCCc1nnco1. The van der Waals surface area contributed by atoms with Crippen molar-refractivity contribution in [3.05, 3.63) is 12.3 Å². The Labute approximate surface area is 58.9 Å². The largest absolute Gasteiger partial charge is 0.428 e. The second-order valence-corrected chi connectivity index (χ2v) is 1.99. The minimum atomic E-state index is -0.0197. The summed E-state index contributed by atoms with van der Waals surface area (Å²) in [5.74, 6) is 0.619. The van der Waals surface area contributed by atoms with E-state index in [2.05, 4.69) is 10.2 Å². The van der Waals surface area contributed by atoms with Crippen molar-refractivity contribution in [1.29, 1.82) is 0 Å². The Morgan fingerprint density at radius 3 is 3.00 bits per heavy atom. The highest BCUT2D eigenvalue weighted by molar-refractivity contribution is 4.71. The molecule has 0 atom stereocenters. The van der Waals surface area contributed by atoms with Gasteiger partial charge in [0.15, 0.2) is 0 Å². The van der Waals surface area contributed by atoms with Gasteiger partial charge in [-0.15, -0.1) is 10.2 Å². The topological polar surface area (TPSA) is 58.8 Å². The second kappa shape index (κ2) is 4.00. The van der Waals surface area contributed by atoms with Crippen molar-refractivity contribution < 1.29 is 9.52 Å². The number of hydrogen-bond donors (Lipinski definition) is 0. The lowest BCUT2D eigenvalue weighted by Crippen LogP contribution is -1.87. The Kier molecular flexibility index (Phi) is 2.89. The van der Waals surface area contributed by atoms with Crippen LogP contribution in [0.25, 0.3) is 0 Å². The fourth-order valence-corrected chi connectivity index (χ4v) is 0.683. The van der Waals surface area contributed by atoms with Crippen LogP contribution in [0.5, 0.6) is 0 Å². The number of hydrogen-bond acceptors (Lipinski definition) is 3. The van der Waals surface area contributed by atoms with Crippen LogP contribution in [-0.2, 0) is 11.5 Å². The van der Waals surface area contributed by atoms with E-state index >= 15 is 0 Å². The Morgan fingerprint density at radius 1 is 1.50 bits per heavy atom. The van der Waals surface area contributed by atoms with Gasteiger partial charge in [0.1, 0.15) is 0 Å². The number of unbranched alkanes of at least 4 members (excludes halogenated alkanes) is 1. The van der Waals surface area contributed by atoms with E-state index in [9.17, 15) is 5.11 Å². The molecule has 4 heteroatoms. The summed E-state index contributed by atoms with van der Waals surface area (Å²) >= 11 is 0. The zero-order valence-electron chi connectivity index (χ0n) is 5.62. The van der Waals surface area contributed by atoms with Gasteiger partial charge >= 0.3 is 0 Å². The predicted octanol–water partition coefficient (Wildman–Crippen LogP) is 0.823. The summed E-state index contributed by atoms with van der Waals surface area (Å²) in [5, 5.41) is 17.2. The monoisotopic (exact) mass is 141 g/mol. The summed E-state index contributed by atoms with van der Waals surface area (Å²) in [6.45, 7) is -0.0197. The van der Waals surface area contributed by atoms with Gasteiger partial charge in [0, 0.05) is 6.42 Å². The highest BCUT2D eigenvalue weighted by atomic mass is 16.4. The molecule has 0 amide bonds. The van der Waals surface area contributed by atoms with Gasteiger partial charge in [-0.3, -0.25) is 0 Å². The van der Waals surface area contributed by atoms with Gasteiger partial charge in [-0.2, -0.15) is 0 Å². The summed E-state index contributed by atoms with van der Waals surface area (Å²) in [6.07, 6.45) is 3.54. The van der Waals surface area contributed by atoms with Crippen molar-refractivity contribution in [2.45, 2.75) is 19.3 Å². The third-order valence-electron chi connectivity index (χ3n) is 1.19. The van der Waals surface area contributed by atoms with E-state index < -0.39 is 0 Å². The molecule has 0 spiro atoms. The first kappa shape index (κ1) is 7.21. The molecule has 0 aliphatic rings. The van der Waals surface area contributed by atoms with E-state index in [1.807, 2.05) is 0 Å². The molecule has 1 aromatic rings. The van der Waals surface area contributed by atoms with E-state index in [-0.39, 0.29) is 6.61 Å². The molecule has 1 radical (unpaired) electrons. The van der Waals surface area contributed by atoms with Gasteiger partial charge in [0.25, 0.3) is 0 Å². The number of aromatic nitrogens is 2. The molecular weight excluding hydrogens is 132 g/mol. The maximum absolute atomic E-state index is 9.99. The van der Waals surface area contributed by atoms with Crippen LogP contribution in [0.3, 0.4) is 0 Å². The lowest BCUT2D eigenvalue weighted by molar-refractivity contribution is 0.186. The van der Waals surface area contributed by atoms with Crippen LogP contribution in [0.1, 0.15) is 18.7 Å². The summed E-state index contributed by atoms with van der Waals surface area (Å²) in [7, 11) is 0. The maximum Gasteiger partial charge on any atom is 0.216 e. The van der Waals surface area contributed by atoms with E-state index in [1.54, 1.807) is 0 Å². The number of aryl methyl sites for hydroxylation is 1. The van der Waals surface area contributed by atoms with Gasteiger partial charge < -0.3 is 4.42 Å². The first-order chi connectivity index (χ1) is 4.93. The van der Waals surface area contributed by atoms with Crippen LogP contribution in [0.2, 0.25) is 0 Å². The zero-order chi connectivity index (χ0) is 7.23. The standard InChI is InChI=1S/C6H9N2O2/c9-4-2-1-3-6-8-7-5-10-6/h5H,1-4H2. The maximum atomic E-state index is 9.99. The van der Waals surface area contributed by atoms with Crippen LogP contribution in [-0.4, -0.2) is 16.8 Å². The van der Waals surface area contributed by atoms with Gasteiger partial charge in [-0.25, -0.2) is 5.11 Å². The van der Waals surface area contributed by atoms with Crippen LogP contribution in [0.4, 0.5) is 0 Å². The molecule has 0 unspecified atom stereocenters. The Balaban J connectivity index is 2.15. The highest BCUT2D eigenvalue weighted by Gasteiger charge is 1.96. The van der Waals surface area contributed by atoms with Gasteiger partial charge in [-0.1, -0.05) is 0 Å². The second-order valence-electron chi connectivity index (χ2n) is 1.99. The zero-order valence-corrected chi connectivity index (χ0v) is 5.62.